The molecular formula is C19H18ClN3O2. The maximum absolute atomic E-state index is 12.7. The Morgan fingerprint density at radius 2 is 2.12 bits per heavy atom. The number of benzene rings is 2. The summed E-state index contributed by atoms with van der Waals surface area (Å²) >= 11 is 6.05. The Kier molecular flexibility index (Phi) is 5.48. The summed E-state index contributed by atoms with van der Waals surface area (Å²) in [6.07, 6.45) is 1.77. The van der Waals surface area contributed by atoms with Crippen LogP contribution >= 0.6 is 11.6 Å². The van der Waals surface area contributed by atoms with Crippen LogP contribution in [-0.2, 0) is 9.53 Å². The highest BCUT2D eigenvalue weighted by Gasteiger charge is 2.16. The van der Waals surface area contributed by atoms with Crippen LogP contribution in [0, 0.1) is 0 Å². The zero-order chi connectivity index (χ0) is 17.6. The molecular weight excluding hydrogens is 338 g/mol. The van der Waals surface area contributed by atoms with Crippen molar-refractivity contribution in [3.8, 4) is 0 Å². The number of nitrogens with zero attached hydrogens (tertiary/aromatic N) is 1. The third-order valence-electron chi connectivity index (χ3n) is 3.64. The first kappa shape index (κ1) is 17.2. The van der Waals surface area contributed by atoms with E-state index in [1.165, 1.54) is 0 Å². The minimum Gasteiger partial charge on any atom is -0.383 e. The highest BCUT2D eigenvalue weighted by atomic mass is 35.5. The predicted octanol–water partition coefficient (Wildman–Crippen LogP) is 3.52. The minimum absolute atomic E-state index is 0.226. The molecule has 3 rings (SSSR count). The van der Waals surface area contributed by atoms with E-state index in [-0.39, 0.29) is 5.91 Å². The molecule has 0 aliphatic rings. The monoisotopic (exact) mass is 355 g/mol. The number of para-hydroxylation sites is 2. The van der Waals surface area contributed by atoms with Crippen LogP contribution in [0.5, 0.6) is 0 Å². The van der Waals surface area contributed by atoms with Crippen LogP contribution in [0.3, 0.4) is 0 Å². The van der Waals surface area contributed by atoms with Gasteiger partial charge in [-0.25, -0.2) is 4.98 Å². The first-order valence-electron chi connectivity index (χ1n) is 7.87. The van der Waals surface area contributed by atoms with Crippen LogP contribution in [0.25, 0.3) is 22.7 Å². The number of aromatic nitrogens is 2. The van der Waals surface area contributed by atoms with Gasteiger partial charge in [-0.2, -0.15) is 0 Å². The summed E-state index contributed by atoms with van der Waals surface area (Å²) in [6.45, 7) is 0.860. The number of nitrogens with one attached hydrogen (secondary N) is 2. The molecule has 3 aromatic rings. The molecule has 25 heavy (non-hydrogen) atoms. The summed E-state index contributed by atoms with van der Waals surface area (Å²) in [4.78, 5) is 20.4. The summed E-state index contributed by atoms with van der Waals surface area (Å²) in [5, 5.41) is 3.44. The van der Waals surface area contributed by atoms with E-state index < -0.39 is 0 Å². The normalized spacial score (nSPS) is 11.7. The molecule has 0 fully saturated rings. The Labute approximate surface area is 150 Å². The second kappa shape index (κ2) is 7.96. The highest BCUT2D eigenvalue weighted by Crippen LogP contribution is 2.21. The second-order valence-corrected chi connectivity index (χ2v) is 5.90. The Morgan fingerprint density at radius 3 is 2.88 bits per heavy atom. The molecule has 128 valence electrons. The number of hydrogen-bond acceptors (Lipinski definition) is 3. The van der Waals surface area contributed by atoms with Crippen LogP contribution < -0.4 is 5.32 Å². The molecule has 0 unspecified atom stereocenters. The molecule has 0 saturated heterocycles. The van der Waals surface area contributed by atoms with Gasteiger partial charge in [0.05, 0.1) is 23.2 Å². The number of ether oxygens (including phenoxy) is 1. The molecule has 1 amide bonds. The van der Waals surface area contributed by atoms with Crippen molar-refractivity contribution in [2.24, 2.45) is 0 Å². The van der Waals surface area contributed by atoms with Gasteiger partial charge in [0.1, 0.15) is 5.82 Å². The van der Waals surface area contributed by atoms with Gasteiger partial charge in [0.25, 0.3) is 5.91 Å². The van der Waals surface area contributed by atoms with Gasteiger partial charge >= 0.3 is 0 Å². The van der Waals surface area contributed by atoms with Gasteiger partial charge in [0.2, 0.25) is 0 Å². The Balaban J connectivity index is 2.00. The highest BCUT2D eigenvalue weighted by molar-refractivity contribution is 6.31. The molecule has 0 spiro atoms. The van der Waals surface area contributed by atoms with Gasteiger partial charge in [0, 0.05) is 18.7 Å². The van der Waals surface area contributed by atoms with Gasteiger partial charge in [-0.3, -0.25) is 4.79 Å². The van der Waals surface area contributed by atoms with E-state index in [2.05, 4.69) is 15.3 Å². The van der Waals surface area contributed by atoms with Gasteiger partial charge in [-0.05, 0) is 35.9 Å². The van der Waals surface area contributed by atoms with Crippen molar-refractivity contribution in [2.45, 2.75) is 0 Å². The largest absolute Gasteiger partial charge is 0.383 e. The lowest BCUT2D eigenvalue weighted by atomic mass is 10.1. The van der Waals surface area contributed by atoms with Crippen molar-refractivity contribution < 1.29 is 9.53 Å². The van der Waals surface area contributed by atoms with Gasteiger partial charge in [-0.15, -0.1) is 0 Å². The fourth-order valence-electron chi connectivity index (χ4n) is 2.45. The molecule has 0 radical (unpaired) electrons. The number of H-pyrrole nitrogens is 1. The summed E-state index contributed by atoms with van der Waals surface area (Å²) in [7, 11) is 1.59. The zero-order valence-electron chi connectivity index (χ0n) is 13.8. The number of carbonyl (C=O) groups excluding carboxylic acids is 1. The Bertz CT molecular complexity index is 885. The average Bonchev–Trinajstić information content (AvgIpc) is 3.03. The van der Waals surface area contributed by atoms with Crippen LogP contribution in [0.15, 0.2) is 48.5 Å². The van der Waals surface area contributed by atoms with Crippen molar-refractivity contribution >= 4 is 40.2 Å². The maximum atomic E-state index is 12.7. The average molecular weight is 356 g/mol. The molecule has 0 aliphatic heterocycles. The van der Waals surface area contributed by atoms with Crippen LogP contribution in [0.1, 0.15) is 11.4 Å². The molecule has 5 nitrogen and oxygen atoms in total. The van der Waals surface area contributed by atoms with E-state index in [0.29, 0.717) is 29.6 Å². The van der Waals surface area contributed by atoms with E-state index in [1.54, 1.807) is 25.3 Å². The summed E-state index contributed by atoms with van der Waals surface area (Å²) in [5.41, 5.74) is 2.94. The first-order valence-corrected chi connectivity index (χ1v) is 8.24. The number of aromatic amines is 1. The molecule has 1 heterocycles. The Hall–Kier alpha value is -2.63. The van der Waals surface area contributed by atoms with Crippen LogP contribution in [-0.4, -0.2) is 36.1 Å². The van der Waals surface area contributed by atoms with Crippen molar-refractivity contribution in [3.05, 3.63) is 64.9 Å². The fourth-order valence-corrected chi connectivity index (χ4v) is 2.65. The molecule has 0 saturated carbocycles. The number of imidazole rings is 1. The molecule has 1 aromatic heterocycles. The van der Waals surface area contributed by atoms with Gasteiger partial charge in [-0.1, -0.05) is 35.9 Å². The Morgan fingerprint density at radius 1 is 1.28 bits per heavy atom. The third-order valence-corrected chi connectivity index (χ3v) is 3.88. The van der Waals surface area contributed by atoms with Gasteiger partial charge in [0.15, 0.2) is 0 Å². The SMILES string of the molecule is COCCNC(=O)/C(=C/c1cccc(Cl)c1)c1nc2ccccc2[nH]1. The lowest BCUT2D eigenvalue weighted by Gasteiger charge is -2.07. The van der Waals surface area contributed by atoms with E-state index in [4.69, 9.17) is 16.3 Å². The number of rotatable bonds is 6. The van der Waals surface area contributed by atoms with E-state index >= 15 is 0 Å². The number of carbonyl (C=O) groups is 1. The maximum Gasteiger partial charge on any atom is 0.255 e. The topological polar surface area (TPSA) is 67.0 Å². The molecule has 6 heteroatoms. The molecule has 0 atom stereocenters. The number of fused-ring (bicyclic) bond motifs is 1. The number of halogens is 1. The number of hydrogen-bond donors (Lipinski definition) is 2. The summed E-state index contributed by atoms with van der Waals surface area (Å²) < 4.78 is 4.98. The lowest BCUT2D eigenvalue weighted by molar-refractivity contribution is -0.115. The minimum atomic E-state index is -0.226. The van der Waals surface area contributed by atoms with Crippen molar-refractivity contribution in [2.75, 3.05) is 20.3 Å². The van der Waals surface area contributed by atoms with E-state index in [1.807, 2.05) is 36.4 Å². The van der Waals surface area contributed by atoms with Crippen LogP contribution in [0.4, 0.5) is 0 Å². The number of amides is 1. The number of methoxy groups -OCH3 is 1. The van der Waals surface area contributed by atoms with Crippen LogP contribution in [0.2, 0.25) is 5.02 Å². The fraction of sp³-hybridized carbons (Fsp3) is 0.158. The second-order valence-electron chi connectivity index (χ2n) is 5.46. The quantitative estimate of drug-likeness (QED) is 0.525. The lowest BCUT2D eigenvalue weighted by Crippen LogP contribution is -2.28. The molecule has 2 aromatic carbocycles. The zero-order valence-corrected chi connectivity index (χ0v) is 14.5. The third kappa shape index (κ3) is 4.26. The first-order chi connectivity index (χ1) is 12.2. The molecule has 0 bridgehead atoms. The van der Waals surface area contributed by atoms with E-state index in [9.17, 15) is 4.79 Å². The summed E-state index contributed by atoms with van der Waals surface area (Å²) in [6, 6.07) is 15.0. The van der Waals surface area contributed by atoms with E-state index in [0.717, 1.165) is 16.6 Å². The predicted molar refractivity (Wildman–Crippen MR) is 100 cm³/mol. The smallest absolute Gasteiger partial charge is 0.255 e. The van der Waals surface area contributed by atoms with Gasteiger partial charge < -0.3 is 15.0 Å². The van der Waals surface area contributed by atoms with Crippen molar-refractivity contribution in [1.82, 2.24) is 15.3 Å². The molecule has 2 N–H and O–H groups in total. The molecule has 0 aliphatic carbocycles. The standard InChI is InChI=1S/C19H18ClN3O2/c1-25-10-9-21-19(24)15(12-13-5-4-6-14(20)11-13)18-22-16-7-2-3-8-17(16)23-18/h2-8,11-12H,9-10H2,1H3,(H,21,24)(H,22,23)/b15-12+. The summed E-state index contributed by atoms with van der Waals surface area (Å²) in [5.74, 6) is 0.284. The van der Waals surface area contributed by atoms with Crippen molar-refractivity contribution in [3.63, 3.8) is 0 Å². The van der Waals surface area contributed by atoms with Crippen molar-refractivity contribution in [1.29, 1.82) is 0 Å².